The molecule has 234 valence electrons. The van der Waals surface area contributed by atoms with Gasteiger partial charge in [-0.2, -0.15) is 0 Å². The van der Waals surface area contributed by atoms with Crippen LogP contribution in [0.5, 0.6) is 0 Å². The first-order valence-electron chi connectivity index (χ1n) is 16.6. The van der Waals surface area contributed by atoms with E-state index in [0.29, 0.717) is 17.5 Å². The zero-order chi connectivity index (χ0) is 33.0. The maximum atomic E-state index is 6.41. The van der Waals surface area contributed by atoms with Crippen LogP contribution in [-0.4, -0.2) is 15.0 Å². The quantitative estimate of drug-likeness (QED) is 0.187. The third kappa shape index (κ3) is 4.83. The van der Waals surface area contributed by atoms with Crippen LogP contribution in [-0.2, 0) is 0 Å². The molecule has 0 saturated heterocycles. The van der Waals surface area contributed by atoms with Gasteiger partial charge in [-0.3, -0.25) is 0 Å². The number of benzene rings is 7. The van der Waals surface area contributed by atoms with Crippen LogP contribution >= 0.6 is 0 Å². The normalized spacial score (nSPS) is 11.6. The lowest BCUT2D eigenvalue weighted by molar-refractivity contribution is 0.656. The molecule has 50 heavy (non-hydrogen) atoms. The van der Waals surface area contributed by atoms with Crippen LogP contribution in [0, 0.1) is 0 Å². The van der Waals surface area contributed by atoms with Crippen LogP contribution in [0.4, 0.5) is 0 Å². The van der Waals surface area contributed by atoms with E-state index in [1.807, 2.05) is 60.7 Å². The lowest BCUT2D eigenvalue weighted by Crippen LogP contribution is -2.00. The molecule has 0 N–H and O–H groups in total. The molecule has 5 heteroatoms. The van der Waals surface area contributed by atoms with Gasteiger partial charge in [-0.05, 0) is 58.7 Å². The standard InChI is InChI=1S/C45H27N3O2/c1-3-11-28(12-4-1)30-15-9-17-33(23-30)44-46-43(29-13-5-2-6-14-29)47-45(48-44)34-18-10-16-31(24-34)32-21-22-36-38-26-37-35-19-7-8-20-39(35)49-41(37)27-42(38)50-40(36)25-32/h1-27H. The molecule has 0 amide bonds. The highest BCUT2D eigenvalue weighted by molar-refractivity contribution is 6.15. The van der Waals surface area contributed by atoms with E-state index in [1.54, 1.807) is 0 Å². The first-order valence-corrected chi connectivity index (χ1v) is 16.6. The van der Waals surface area contributed by atoms with E-state index in [4.69, 9.17) is 23.8 Å². The van der Waals surface area contributed by atoms with Crippen LogP contribution < -0.4 is 0 Å². The van der Waals surface area contributed by atoms with Crippen molar-refractivity contribution in [3.8, 4) is 56.4 Å². The fourth-order valence-electron chi connectivity index (χ4n) is 6.83. The van der Waals surface area contributed by atoms with Gasteiger partial charge in [-0.25, -0.2) is 15.0 Å². The summed E-state index contributed by atoms with van der Waals surface area (Å²) in [6.45, 7) is 0. The Labute approximate surface area is 287 Å². The monoisotopic (exact) mass is 641 g/mol. The predicted octanol–water partition coefficient (Wildman–Crippen LogP) is 12.0. The Morgan fingerprint density at radius 2 is 0.720 bits per heavy atom. The van der Waals surface area contributed by atoms with Crippen LogP contribution in [0.2, 0.25) is 0 Å². The van der Waals surface area contributed by atoms with E-state index >= 15 is 0 Å². The maximum absolute atomic E-state index is 6.41. The SMILES string of the molecule is c1ccc(-c2cccc(-c3nc(-c4ccccc4)nc(-c4cccc(-c5ccc6c(c5)oc5cc7oc8ccccc8c7cc56)c4)n3)c2)cc1. The molecule has 0 spiro atoms. The fourth-order valence-corrected chi connectivity index (χ4v) is 6.83. The molecule has 0 atom stereocenters. The van der Waals surface area contributed by atoms with Crippen molar-refractivity contribution in [3.63, 3.8) is 0 Å². The Balaban J connectivity index is 1.07. The first kappa shape index (κ1) is 28.2. The van der Waals surface area contributed by atoms with E-state index in [1.165, 1.54) is 0 Å². The van der Waals surface area contributed by atoms with Crippen molar-refractivity contribution >= 4 is 43.9 Å². The number of furan rings is 2. The molecule has 0 unspecified atom stereocenters. The number of rotatable bonds is 5. The summed E-state index contributed by atoms with van der Waals surface area (Å²) < 4.78 is 12.5. The van der Waals surface area contributed by atoms with Crippen LogP contribution in [0.1, 0.15) is 0 Å². The number of fused-ring (bicyclic) bond motifs is 6. The average Bonchev–Trinajstić information content (AvgIpc) is 3.74. The molecule has 0 radical (unpaired) electrons. The van der Waals surface area contributed by atoms with Gasteiger partial charge in [0, 0.05) is 44.3 Å². The van der Waals surface area contributed by atoms with Gasteiger partial charge in [-0.15, -0.1) is 0 Å². The molecule has 0 aliphatic heterocycles. The summed E-state index contributed by atoms with van der Waals surface area (Å²) in [5, 5.41) is 4.33. The molecule has 0 aliphatic carbocycles. The molecule has 0 aliphatic rings. The highest BCUT2D eigenvalue weighted by Crippen LogP contribution is 2.38. The Morgan fingerprint density at radius 1 is 0.260 bits per heavy atom. The summed E-state index contributed by atoms with van der Waals surface area (Å²) in [5.74, 6) is 1.86. The van der Waals surface area contributed by atoms with Crippen molar-refractivity contribution in [3.05, 3.63) is 164 Å². The third-order valence-corrected chi connectivity index (χ3v) is 9.32. The summed E-state index contributed by atoms with van der Waals surface area (Å²) in [6, 6.07) is 55.8. The van der Waals surface area contributed by atoms with Crippen LogP contribution in [0.25, 0.3) is 100 Å². The molecule has 7 aromatic carbocycles. The molecular formula is C45H27N3O2. The number of nitrogens with zero attached hydrogens (tertiary/aromatic N) is 3. The molecule has 0 saturated carbocycles. The topological polar surface area (TPSA) is 65.0 Å². The summed E-state index contributed by atoms with van der Waals surface area (Å²) >= 11 is 0. The Kier molecular flexibility index (Phi) is 6.42. The lowest BCUT2D eigenvalue weighted by Gasteiger charge is -2.10. The van der Waals surface area contributed by atoms with Gasteiger partial charge in [0.05, 0.1) is 0 Å². The van der Waals surface area contributed by atoms with Gasteiger partial charge in [0.2, 0.25) is 0 Å². The molecule has 0 fully saturated rings. The molecule has 3 heterocycles. The van der Waals surface area contributed by atoms with Gasteiger partial charge in [0.15, 0.2) is 17.5 Å². The second-order valence-corrected chi connectivity index (χ2v) is 12.5. The van der Waals surface area contributed by atoms with E-state index in [-0.39, 0.29) is 0 Å². The highest BCUT2D eigenvalue weighted by atomic mass is 16.3. The summed E-state index contributed by atoms with van der Waals surface area (Å²) in [7, 11) is 0. The summed E-state index contributed by atoms with van der Waals surface area (Å²) in [5.41, 5.74) is 10.4. The second-order valence-electron chi connectivity index (χ2n) is 12.5. The first-order chi connectivity index (χ1) is 24.7. The maximum Gasteiger partial charge on any atom is 0.164 e. The van der Waals surface area contributed by atoms with Crippen molar-refractivity contribution in [1.82, 2.24) is 15.0 Å². The lowest BCUT2D eigenvalue weighted by atomic mass is 10.0. The molecular weight excluding hydrogens is 615 g/mol. The zero-order valence-electron chi connectivity index (χ0n) is 26.7. The van der Waals surface area contributed by atoms with Gasteiger partial charge < -0.3 is 8.83 Å². The highest BCUT2D eigenvalue weighted by Gasteiger charge is 2.16. The van der Waals surface area contributed by atoms with Crippen molar-refractivity contribution in [2.24, 2.45) is 0 Å². The minimum Gasteiger partial charge on any atom is -0.456 e. The van der Waals surface area contributed by atoms with Crippen molar-refractivity contribution < 1.29 is 8.83 Å². The molecule has 10 rings (SSSR count). The number of hydrogen-bond donors (Lipinski definition) is 0. The molecule has 0 bridgehead atoms. The van der Waals surface area contributed by atoms with Crippen molar-refractivity contribution in [2.45, 2.75) is 0 Å². The second kappa shape index (κ2) is 11.4. The van der Waals surface area contributed by atoms with Crippen LogP contribution in [0.15, 0.2) is 173 Å². The summed E-state index contributed by atoms with van der Waals surface area (Å²) in [4.78, 5) is 15.0. The van der Waals surface area contributed by atoms with Gasteiger partial charge in [-0.1, -0.05) is 121 Å². The van der Waals surface area contributed by atoms with E-state index in [9.17, 15) is 0 Å². The molecule has 3 aromatic heterocycles. The molecule has 10 aromatic rings. The summed E-state index contributed by atoms with van der Waals surface area (Å²) in [6.07, 6.45) is 0. The average molecular weight is 642 g/mol. The Bertz CT molecular complexity index is 2870. The van der Waals surface area contributed by atoms with Gasteiger partial charge in [0.25, 0.3) is 0 Å². The zero-order valence-corrected chi connectivity index (χ0v) is 26.7. The minimum atomic E-state index is 0.612. The third-order valence-electron chi connectivity index (χ3n) is 9.32. The molecule has 5 nitrogen and oxygen atoms in total. The smallest absolute Gasteiger partial charge is 0.164 e. The largest absolute Gasteiger partial charge is 0.456 e. The van der Waals surface area contributed by atoms with Crippen molar-refractivity contribution in [1.29, 1.82) is 0 Å². The Morgan fingerprint density at radius 3 is 1.40 bits per heavy atom. The van der Waals surface area contributed by atoms with Crippen LogP contribution in [0.3, 0.4) is 0 Å². The van der Waals surface area contributed by atoms with Crippen molar-refractivity contribution in [2.75, 3.05) is 0 Å². The van der Waals surface area contributed by atoms with Gasteiger partial charge in [0.1, 0.15) is 22.3 Å². The van der Waals surface area contributed by atoms with E-state index in [0.717, 1.165) is 82.8 Å². The van der Waals surface area contributed by atoms with Gasteiger partial charge >= 0.3 is 0 Å². The minimum absolute atomic E-state index is 0.612. The number of para-hydroxylation sites is 1. The fraction of sp³-hybridized carbons (Fsp3) is 0. The number of aromatic nitrogens is 3. The Hall–Kier alpha value is -6.85. The van der Waals surface area contributed by atoms with E-state index in [2.05, 4.69) is 103 Å². The number of hydrogen-bond acceptors (Lipinski definition) is 5. The van der Waals surface area contributed by atoms with E-state index < -0.39 is 0 Å². The predicted molar refractivity (Wildman–Crippen MR) is 202 cm³/mol.